The Bertz CT molecular complexity index is 2140. The van der Waals surface area contributed by atoms with Gasteiger partial charge in [0.15, 0.2) is 17.9 Å². The Hall–Kier alpha value is -5.81. The van der Waals surface area contributed by atoms with Gasteiger partial charge < -0.3 is 181 Å². The third kappa shape index (κ3) is 175. The minimum Gasteiger partial charge on any atom is -0.370 e. The Morgan fingerprint density at radius 1 is 0.442 bits per heavy atom. The molecule has 0 aliphatic carbocycles. The van der Waals surface area contributed by atoms with Gasteiger partial charge in [-0.3, -0.25) is 15.0 Å². The van der Waals surface area contributed by atoms with Gasteiger partial charge in [-0.05, 0) is 144 Å². The SMILES string of the molecule is C.CC(C)C[C@@H](N)C=O.CC(C)C[C@@H](N)C=O.CC(C)C[C@@H](N)C=O.CSCC[C@@H](N)C=O.CSCC[C@@H](N)C=O.NC(N)=NCCC[C@@H](N)C=O.NC(N)=NCCC[C@@H](N)C=O.NC(N)=NCCC[C@@H](N)C=O.NCC=O.NCC=O.NCC=O.N[C@@H](C=O)CS.N[C@@H](C=O)Cc1ccccc1.O=C[C@@H]1CCCN1.P.PP. The molecule has 0 amide bonds. The summed E-state index contributed by atoms with van der Waals surface area (Å²) in [6.45, 7) is 15.3. The fourth-order valence-electron chi connectivity index (χ4n) is 6.06. The van der Waals surface area contributed by atoms with Crippen molar-refractivity contribution in [2.45, 2.75) is 205 Å². The number of aliphatic imine (C=N–C) groups is 3. The summed E-state index contributed by atoms with van der Waals surface area (Å²) in [7, 11) is 4.67. The smallest absolute Gasteiger partial charge is 0.185 e. The predicted molar refractivity (Wildman–Crippen MR) is 488 cm³/mol. The quantitative estimate of drug-likeness (QED) is 0.00767. The lowest BCUT2D eigenvalue weighted by molar-refractivity contribution is -0.109. The monoisotopic (exact) mass is 1730 g/mol. The summed E-state index contributed by atoms with van der Waals surface area (Å²) in [5.41, 5.74) is 98.4. The number of carbonyl (C=O) groups excluding carboxylic acids is 14. The first kappa shape index (κ1) is 142. The highest BCUT2D eigenvalue weighted by Crippen LogP contribution is 2.04. The summed E-state index contributed by atoms with van der Waals surface area (Å²) in [4.78, 5) is 148. The van der Waals surface area contributed by atoms with Crippen molar-refractivity contribution in [3.8, 4) is 0 Å². The van der Waals surface area contributed by atoms with Crippen LogP contribution in [0.4, 0.5) is 0 Å². The number of rotatable bonds is 41. The van der Waals surface area contributed by atoms with Gasteiger partial charge in [0, 0.05) is 45.0 Å². The van der Waals surface area contributed by atoms with Crippen LogP contribution in [0.5, 0.6) is 0 Å². The molecule has 1 aliphatic heterocycles. The Kier molecular flexibility index (Phi) is 157. The third-order valence-electron chi connectivity index (χ3n) is 11.3. The van der Waals surface area contributed by atoms with Gasteiger partial charge in [-0.25, -0.2) is 0 Å². The number of nitrogens with one attached hydrogen (secondary N) is 1. The molecule has 0 saturated carbocycles. The zero-order chi connectivity index (χ0) is 89.0. The molecule has 0 aromatic heterocycles. The topological polar surface area (TPSA) is 782 Å². The Morgan fingerprint density at radius 3 is 0.841 bits per heavy atom. The van der Waals surface area contributed by atoms with Crippen LogP contribution in [0.3, 0.4) is 0 Å². The van der Waals surface area contributed by atoms with Crippen molar-refractivity contribution in [3.63, 3.8) is 0 Å². The van der Waals surface area contributed by atoms with Crippen LogP contribution in [0.15, 0.2) is 45.3 Å². The highest BCUT2D eigenvalue weighted by Gasteiger charge is 2.11. The number of guanidine groups is 3. The molecule has 0 spiro atoms. The normalized spacial score (nSPS) is 12.9. The van der Waals surface area contributed by atoms with E-state index in [2.05, 4.69) is 68.0 Å². The zero-order valence-corrected chi connectivity index (χ0v) is 73.9. The van der Waals surface area contributed by atoms with Gasteiger partial charge in [-0.15, -0.1) is 17.9 Å². The molecule has 668 valence electrons. The van der Waals surface area contributed by atoms with Gasteiger partial charge in [0.25, 0.3) is 0 Å². The lowest BCUT2D eigenvalue weighted by Gasteiger charge is -2.04. The van der Waals surface area contributed by atoms with Crippen LogP contribution in [0.25, 0.3) is 0 Å². The molecule has 3 unspecified atom stereocenters. The van der Waals surface area contributed by atoms with Crippen molar-refractivity contribution in [3.05, 3.63) is 35.9 Å². The molecule has 2 rings (SSSR count). The molecule has 39 N–H and O–H groups in total. The van der Waals surface area contributed by atoms with Crippen molar-refractivity contribution < 1.29 is 67.1 Å². The van der Waals surface area contributed by atoms with Gasteiger partial charge in [0.05, 0.1) is 66.5 Å². The highest BCUT2D eigenvalue weighted by molar-refractivity contribution is 7.98. The van der Waals surface area contributed by atoms with Gasteiger partial charge in [0.2, 0.25) is 0 Å². The predicted octanol–water partition coefficient (Wildman–Crippen LogP) is -3.18. The summed E-state index contributed by atoms with van der Waals surface area (Å²) in [6.07, 6.45) is 25.4. The summed E-state index contributed by atoms with van der Waals surface area (Å²) in [5, 5.41) is 3.04. The summed E-state index contributed by atoms with van der Waals surface area (Å²) in [6, 6.07) is 6.75. The fraction of sp³-hybridized carbons (Fsp3) is 0.671. The molecule has 37 nitrogen and oxygen atoms in total. The summed E-state index contributed by atoms with van der Waals surface area (Å²) in [5.74, 6) is 4.17. The number of nitrogens with two attached hydrogens (primary N) is 19. The van der Waals surface area contributed by atoms with E-state index in [4.69, 9.17) is 106 Å². The largest absolute Gasteiger partial charge is 0.370 e. The number of benzene rings is 1. The van der Waals surface area contributed by atoms with E-state index in [1.54, 1.807) is 23.5 Å². The molecular weight excluding hydrogens is 1580 g/mol. The minimum atomic E-state index is -0.385. The Balaban J connectivity index is -0.0000000708. The molecule has 1 saturated heterocycles. The molecule has 1 aromatic carbocycles. The maximum absolute atomic E-state index is 10.2. The first-order valence-electron chi connectivity index (χ1n) is 35.2. The average molecular weight is 1730 g/mol. The lowest BCUT2D eigenvalue weighted by atomic mass is 10.1. The maximum Gasteiger partial charge on any atom is 0.185 e. The Labute approximate surface area is 697 Å². The van der Waals surface area contributed by atoms with Gasteiger partial charge in [-0.1, -0.05) is 79.3 Å². The molecule has 1 aromatic rings. The van der Waals surface area contributed by atoms with E-state index in [9.17, 15) is 52.7 Å². The zero-order valence-electron chi connectivity index (χ0n) is 67.7. The Morgan fingerprint density at radius 2 is 0.690 bits per heavy atom. The van der Waals surface area contributed by atoms with E-state index in [0.29, 0.717) is 94.0 Å². The number of thioether (sulfide) groups is 2. The molecule has 43 heteroatoms. The van der Waals surface area contributed by atoms with Crippen LogP contribution in [-0.2, 0) is 73.5 Å². The van der Waals surface area contributed by atoms with Crippen LogP contribution in [0.1, 0.15) is 138 Å². The third-order valence-corrected chi connectivity index (χ3v) is 13.0. The number of nitrogens with zero attached hydrogens (tertiary/aromatic N) is 3. The van der Waals surface area contributed by atoms with E-state index in [1.807, 2.05) is 84.4 Å². The number of hydrogen-bond acceptors (Lipinski definition) is 34. The molecular formula is C70H156N23O14P3S3. The van der Waals surface area contributed by atoms with Gasteiger partial charge >= 0.3 is 0 Å². The van der Waals surface area contributed by atoms with Crippen LogP contribution >= 0.6 is 63.9 Å². The minimum absolute atomic E-state index is 0. The summed E-state index contributed by atoms with van der Waals surface area (Å²) >= 11 is 7.15. The number of thiol groups is 1. The number of hydrogen-bond donors (Lipinski definition) is 21. The molecule has 1 heterocycles. The van der Waals surface area contributed by atoms with E-state index in [-0.39, 0.29) is 121 Å². The molecule has 1 fully saturated rings. The molecule has 0 bridgehead atoms. The highest BCUT2D eigenvalue weighted by atomic mass is 32.2. The molecule has 0 radical (unpaired) electrons. The van der Waals surface area contributed by atoms with E-state index < -0.39 is 0 Å². The van der Waals surface area contributed by atoms with Crippen LogP contribution in [-0.4, -0.2) is 248 Å². The van der Waals surface area contributed by atoms with E-state index in [0.717, 1.165) is 151 Å². The number of carbonyl (C=O) groups is 14. The molecule has 113 heavy (non-hydrogen) atoms. The van der Waals surface area contributed by atoms with Crippen molar-refractivity contribution in [2.24, 2.45) is 142 Å². The fourth-order valence-corrected chi connectivity index (χ4v) is 7.16. The first-order chi connectivity index (χ1) is 52.4. The second-order valence-electron chi connectivity index (χ2n) is 23.7. The van der Waals surface area contributed by atoms with Crippen LogP contribution in [0, 0.1) is 17.8 Å². The second kappa shape index (κ2) is 124. The van der Waals surface area contributed by atoms with Crippen molar-refractivity contribution in [1.29, 1.82) is 0 Å². The maximum atomic E-state index is 10.2. The second-order valence-corrected chi connectivity index (χ2v) is 26.1. The van der Waals surface area contributed by atoms with E-state index in [1.165, 1.54) is 0 Å². The van der Waals surface area contributed by atoms with Crippen molar-refractivity contribution >= 4 is 170 Å². The average Bonchev–Trinajstić information content (AvgIpc) is 1.25. The lowest BCUT2D eigenvalue weighted by Crippen LogP contribution is -2.24. The van der Waals surface area contributed by atoms with Crippen molar-refractivity contribution in [2.75, 3.05) is 75.6 Å². The molecule has 14 atom stereocenters. The molecule has 1 aliphatic rings. The van der Waals surface area contributed by atoms with Crippen LogP contribution in [0.2, 0.25) is 0 Å². The van der Waals surface area contributed by atoms with Gasteiger partial charge in [-0.2, -0.15) is 46.1 Å². The standard InChI is InChI=1S/C9H11NO.3C6H14N4O.3C6H13NO.2C5H11NOS.C5H9NO.C3H7NOS.3C2H5NO.CH4.H4P2.H3P/c10-9(7-11)6-8-4-2-1-3-5-8;3*7-5(4-11)2-1-3-10-6(8)9;3*1-5(2)3-6(7)4-8;2*1-8-3-2-5(6)4-7;7-4-5-2-1-3-6-5;4-3(1-5)2-6;3*3-1-2-4;;1-2;/h1-5,7,9H,6,10H2;3*4-5H,1-3,7H2,(H4,8,9,10);3*4-6H,3,7H2,1-2H3;2*4-5H,2-3,6H2,1H3;4-6H,1-3H2;1,3,6H,2,4H2;3*2H,1,3H2;1H4;1-2H2;1H3/t9-;3*5-;3*6-;3*5-;3-;;;;;;/m11111111100....../s1. The van der Waals surface area contributed by atoms with Crippen LogP contribution < -0.4 is 114 Å². The number of aldehydes is 14. The summed E-state index contributed by atoms with van der Waals surface area (Å²) < 4.78 is 0. The van der Waals surface area contributed by atoms with Crippen molar-refractivity contribution in [1.82, 2.24) is 5.32 Å². The first-order valence-corrected chi connectivity index (χ1v) is 41.3. The van der Waals surface area contributed by atoms with E-state index >= 15 is 0 Å². The van der Waals surface area contributed by atoms with Gasteiger partial charge in [0.1, 0.15) is 88.0 Å².